The van der Waals surface area contributed by atoms with Gasteiger partial charge in [0.25, 0.3) is 0 Å². The molecule has 0 radical (unpaired) electrons. The Balaban J connectivity index is 1.31. The lowest BCUT2D eigenvalue weighted by molar-refractivity contribution is 1.71. The van der Waals surface area contributed by atoms with E-state index in [4.69, 9.17) is 0 Å². The number of benzene rings is 8. The van der Waals surface area contributed by atoms with Crippen molar-refractivity contribution in [3.05, 3.63) is 146 Å². The third-order valence-electron chi connectivity index (χ3n) is 9.86. The number of fused-ring (bicyclic) bond motifs is 12. The molecule has 47 heavy (non-hydrogen) atoms. The highest BCUT2D eigenvalue weighted by Crippen LogP contribution is 2.52. The summed E-state index contributed by atoms with van der Waals surface area (Å²) in [6.45, 7) is 0. The van der Waals surface area contributed by atoms with Crippen molar-refractivity contribution in [2.45, 2.75) is 0 Å². The second-order valence-corrected chi connectivity index (χ2v) is 15.5. The van der Waals surface area contributed by atoms with Gasteiger partial charge in [-0.15, -0.1) is 34.0 Å². The molecule has 0 atom stereocenters. The molecule has 3 aromatic heterocycles. The molecule has 0 aliphatic carbocycles. The molecule has 11 rings (SSSR count). The highest BCUT2D eigenvalue weighted by atomic mass is 32.1. The number of hydrogen-bond acceptors (Lipinski definition) is 3. The summed E-state index contributed by atoms with van der Waals surface area (Å²) in [5, 5.41) is 13.3. The van der Waals surface area contributed by atoms with Gasteiger partial charge in [-0.1, -0.05) is 115 Å². The van der Waals surface area contributed by atoms with Crippen LogP contribution < -0.4 is 0 Å². The number of thiophene rings is 3. The van der Waals surface area contributed by atoms with E-state index in [0.29, 0.717) is 0 Å². The van der Waals surface area contributed by atoms with Gasteiger partial charge < -0.3 is 0 Å². The number of rotatable bonds is 2. The van der Waals surface area contributed by atoms with Crippen LogP contribution in [-0.4, -0.2) is 0 Å². The van der Waals surface area contributed by atoms with Crippen molar-refractivity contribution in [2.75, 3.05) is 0 Å². The zero-order valence-corrected chi connectivity index (χ0v) is 27.5. The Morgan fingerprint density at radius 3 is 1.43 bits per heavy atom. The highest BCUT2D eigenvalue weighted by Gasteiger charge is 2.22. The van der Waals surface area contributed by atoms with Crippen molar-refractivity contribution in [3.8, 4) is 22.3 Å². The first kappa shape index (κ1) is 26.1. The molecule has 8 aromatic carbocycles. The zero-order valence-electron chi connectivity index (χ0n) is 25.1. The second-order valence-electron chi connectivity index (χ2n) is 12.4. The summed E-state index contributed by atoms with van der Waals surface area (Å²) >= 11 is 5.76. The Labute approximate surface area is 282 Å². The van der Waals surface area contributed by atoms with Crippen molar-refractivity contribution in [3.63, 3.8) is 0 Å². The first-order valence-corrected chi connectivity index (χ1v) is 18.4. The summed E-state index contributed by atoms with van der Waals surface area (Å²) in [5.41, 5.74) is 5.24. The lowest BCUT2D eigenvalue weighted by Crippen LogP contribution is -1.91. The Bertz CT molecular complexity index is 3020. The predicted octanol–water partition coefficient (Wildman–Crippen LogP) is 14.4. The van der Waals surface area contributed by atoms with Gasteiger partial charge in [-0.05, 0) is 74.1 Å². The van der Waals surface area contributed by atoms with E-state index >= 15 is 0 Å². The minimum absolute atomic E-state index is 1.27. The summed E-state index contributed by atoms with van der Waals surface area (Å²) < 4.78 is 8.16. The molecule has 0 spiro atoms. The van der Waals surface area contributed by atoms with Crippen LogP contribution in [0.3, 0.4) is 0 Å². The maximum atomic E-state index is 2.51. The summed E-state index contributed by atoms with van der Waals surface area (Å²) in [6, 6.07) is 54.4. The smallest absolute Gasteiger partial charge is 0.0540 e. The van der Waals surface area contributed by atoms with E-state index in [1.807, 2.05) is 34.0 Å². The minimum Gasteiger partial charge on any atom is -0.135 e. The van der Waals surface area contributed by atoms with Gasteiger partial charge in [-0.3, -0.25) is 0 Å². The standard InChI is InChI=1S/C44H24S3/c1-3-15-31-29(13-1)40(25-21-22-28-26-11-5-8-18-36(26)45-39(28)23-25)30-14-2-4-16-32(30)41(31)35-24-34-27-12-6-9-19-37(27)46-43(34)44-42(35)33-17-7-10-20-38(33)47-44/h1-24H. The number of hydrogen-bond donors (Lipinski definition) is 0. The zero-order chi connectivity index (χ0) is 30.6. The fraction of sp³-hybridized carbons (Fsp3) is 0. The largest absolute Gasteiger partial charge is 0.135 e. The van der Waals surface area contributed by atoms with Gasteiger partial charge in [0.1, 0.15) is 0 Å². The van der Waals surface area contributed by atoms with Crippen LogP contribution in [0.15, 0.2) is 146 Å². The predicted molar refractivity (Wildman–Crippen MR) is 211 cm³/mol. The van der Waals surface area contributed by atoms with Crippen molar-refractivity contribution >= 4 is 116 Å². The normalized spacial score (nSPS) is 12.3. The average Bonchev–Trinajstić information content (AvgIpc) is 3.81. The van der Waals surface area contributed by atoms with E-state index in [1.54, 1.807) is 0 Å². The summed E-state index contributed by atoms with van der Waals surface area (Å²) in [5.74, 6) is 0. The lowest BCUT2D eigenvalue weighted by Gasteiger charge is -2.19. The Kier molecular flexibility index (Phi) is 5.39. The molecule has 11 aromatic rings. The van der Waals surface area contributed by atoms with Crippen LogP contribution in [0.1, 0.15) is 0 Å². The molecule has 0 amide bonds. The first-order valence-electron chi connectivity index (χ1n) is 15.9. The van der Waals surface area contributed by atoms with Gasteiger partial charge in [0.15, 0.2) is 0 Å². The monoisotopic (exact) mass is 648 g/mol. The van der Waals surface area contributed by atoms with Gasteiger partial charge in [-0.2, -0.15) is 0 Å². The average molecular weight is 649 g/mol. The Morgan fingerprint density at radius 2 is 0.766 bits per heavy atom. The van der Waals surface area contributed by atoms with Crippen LogP contribution in [0, 0.1) is 0 Å². The van der Waals surface area contributed by atoms with Crippen LogP contribution >= 0.6 is 34.0 Å². The molecule has 3 heterocycles. The van der Waals surface area contributed by atoms with Crippen LogP contribution in [0.25, 0.3) is 104 Å². The van der Waals surface area contributed by atoms with E-state index in [1.165, 1.54) is 104 Å². The van der Waals surface area contributed by atoms with Crippen molar-refractivity contribution < 1.29 is 0 Å². The summed E-state index contributed by atoms with van der Waals surface area (Å²) in [4.78, 5) is 0. The fourth-order valence-electron chi connectivity index (χ4n) is 7.87. The molecule has 0 aliphatic rings. The van der Waals surface area contributed by atoms with Gasteiger partial charge in [-0.25, -0.2) is 0 Å². The fourth-order valence-corrected chi connectivity index (χ4v) is 11.6. The SMILES string of the molecule is c1ccc2c(c1)sc1cc(-c3c4ccccc4c(-c4cc5c6ccccc6sc5c5sc6ccccc6c45)c4ccccc34)ccc12. The molecule has 0 fully saturated rings. The molecular formula is C44H24S3. The van der Waals surface area contributed by atoms with Crippen LogP contribution in [0.5, 0.6) is 0 Å². The van der Waals surface area contributed by atoms with E-state index in [2.05, 4.69) is 146 Å². The van der Waals surface area contributed by atoms with E-state index in [0.717, 1.165) is 0 Å². The maximum absolute atomic E-state index is 2.51. The summed E-state index contributed by atoms with van der Waals surface area (Å²) in [6.07, 6.45) is 0. The van der Waals surface area contributed by atoms with Crippen molar-refractivity contribution in [1.82, 2.24) is 0 Å². The van der Waals surface area contributed by atoms with E-state index in [9.17, 15) is 0 Å². The highest BCUT2D eigenvalue weighted by molar-refractivity contribution is 7.33. The van der Waals surface area contributed by atoms with Crippen LogP contribution in [-0.2, 0) is 0 Å². The molecule has 3 heteroatoms. The quantitative estimate of drug-likeness (QED) is 0.164. The maximum Gasteiger partial charge on any atom is 0.0540 e. The molecule has 218 valence electrons. The van der Waals surface area contributed by atoms with E-state index < -0.39 is 0 Å². The molecule has 0 saturated carbocycles. The van der Waals surface area contributed by atoms with E-state index in [-0.39, 0.29) is 0 Å². The first-order chi connectivity index (χ1) is 23.3. The van der Waals surface area contributed by atoms with Gasteiger partial charge in [0.2, 0.25) is 0 Å². The Morgan fingerprint density at radius 1 is 0.298 bits per heavy atom. The third kappa shape index (κ3) is 3.62. The van der Waals surface area contributed by atoms with Crippen molar-refractivity contribution in [2.24, 2.45) is 0 Å². The third-order valence-corrected chi connectivity index (χ3v) is 13.5. The molecule has 0 unspecified atom stereocenters. The second kappa shape index (κ2) is 9.73. The van der Waals surface area contributed by atoms with Crippen LogP contribution in [0.2, 0.25) is 0 Å². The molecule has 0 aliphatic heterocycles. The van der Waals surface area contributed by atoms with Crippen molar-refractivity contribution in [1.29, 1.82) is 0 Å². The van der Waals surface area contributed by atoms with Gasteiger partial charge in [0, 0.05) is 51.1 Å². The molecule has 0 bridgehead atoms. The molecule has 0 N–H and O–H groups in total. The molecular weight excluding hydrogens is 625 g/mol. The minimum atomic E-state index is 1.27. The van der Waals surface area contributed by atoms with Crippen LogP contribution in [0.4, 0.5) is 0 Å². The lowest BCUT2D eigenvalue weighted by atomic mass is 9.84. The Hall–Kier alpha value is -5.06. The van der Waals surface area contributed by atoms with Gasteiger partial charge >= 0.3 is 0 Å². The summed E-state index contributed by atoms with van der Waals surface area (Å²) in [7, 11) is 0. The molecule has 0 nitrogen and oxygen atoms in total. The topological polar surface area (TPSA) is 0 Å². The molecule has 0 saturated heterocycles. The van der Waals surface area contributed by atoms with Gasteiger partial charge in [0.05, 0.1) is 9.40 Å².